The molecule has 3 unspecified atom stereocenters. The first-order valence-corrected chi connectivity index (χ1v) is 19.9. The molecule has 2 aliphatic carbocycles. The Kier molecular flexibility index (Phi) is 11.0. The van der Waals surface area contributed by atoms with Crippen molar-refractivity contribution in [1.29, 1.82) is 0 Å². The van der Waals surface area contributed by atoms with E-state index in [0.29, 0.717) is 24.0 Å². The SMILES string of the molecule is C=CC(=O)N1C/C=C\C2CC2(C(=O)NS(=O)(=O)C2CC2)NC(=O)C2C[C@@H](OC(=O)N3Cc4cccc(F)c4C3)CN2C(=O)[C@@H](NC(=O)OC(C)(C)C)CCC1. The molecule has 0 radical (unpaired) electrons. The van der Waals surface area contributed by atoms with Crippen LogP contribution in [0.2, 0.25) is 0 Å². The van der Waals surface area contributed by atoms with Gasteiger partial charge in [0.1, 0.15) is 35.1 Å². The van der Waals surface area contributed by atoms with Crippen molar-refractivity contribution in [1.82, 2.24) is 30.1 Å². The number of rotatable bonds is 6. The summed E-state index contributed by atoms with van der Waals surface area (Å²) in [5.41, 5.74) is -1.64. The monoisotopic (exact) mass is 786 g/mol. The number of alkyl carbamates (subject to hydrolysis) is 1. The third-order valence-corrected chi connectivity index (χ3v) is 12.2. The van der Waals surface area contributed by atoms with Crippen LogP contribution in [0.5, 0.6) is 0 Å². The minimum Gasteiger partial charge on any atom is -0.444 e. The molecule has 0 bridgehead atoms. The van der Waals surface area contributed by atoms with E-state index in [1.807, 2.05) is 0 Å². The highest BCUT2D eigenvalue weighted by atomic mass is 32.2. The molecule has 5 aliphatic rings. The van der Waals surface area contributed by atoms with E-state index >= 15 is 0 Å². The Bertz CT molecular complexity index is 1910. The molecule has 3 fully saturated rings. The number of amides is 6. The zero-order valence-electron chi connectivity index (χ0n) is 31.0. The number of hydrogen-bond acceptors (Lipinski definition) is 10. The molecule has 5 atom stereocenters. The maximum atomic E-state index is 14.5. The molecule has 298 valence electrons. The molecule has 18 heteroatoms. The van der Waals surface area contributed by atoms with Gasteiger partial charge in [-0.3, -0.25) is 28.8 Å². The molecule has 1 aromatic carbocycles. The van der Waals surface area contributed by atoms with Crippen LogP contribution in [-0.4, -0.2) is 113 Å². The van der Waals surface area contributed by atoms with E-state index < -0.39 is 92.2 Å². The molecule has 3 heterocycles. The molecular weight excluding hydrogens is 740 g/mol. The van der Waals surface area contributed by atoms with Gasteiger partial charge in [-0.15, -0.1) is 0 Å². The summed E-state index contributed by atoms with van der Waals surface area (Å²) in [5.74, 6) is -3.97. The van der Waals surface area contributed by atoms with Gasteiger partial charge in [-0.1, -0.05) is 30.9 Å². The summed E-state index contributed by atoms with van der Waals surface area (Å²) in [6.45, 7) is 8.52. The lowest BCUT2D eigenvalue weighted by Crippen LogP contribution is -2.58. The summed E-state index contributed by atoms with van der Waals surface area (Å²) in [6.07, 6.45) is 2.57. The highest BCUT2D eigenvalue weighted by molar-refractivity contribution is 7.91. The number of benzene rings is 1. The standard InChI is InChI=1S/C37H47FN6O10S/c1-5-30(45)42-15-7-10-23-18-37(23,33(48)41-55(51,52)25-13-14-25)40-31(46)29-17-24(53-35(50)43-19-22-9-6-11-27(38)26(22)21-43)20-44(29)32(47)28(12-8-16-42)39-34(49)54-36(2,3)4/h5-7,9-11,23-25,28-29H,1,8,12-21H2,2-4H3,(H,39,49)(H,40,46)(H,41,48)/b10-7-/t23?,24-,28+,29?,37?/m1/s1. The quantitative estimate of drug-likeness (QED) is 0.283. The molecule has 6 amide bonds. The van der Waals surface area contributed by atoms with Crippen molar-refractivity contribution in [2.24, 2.45) is 5.92 Å². The predicted molar refractivity (Wildman–Crippen MR) is 193 cm³/mol. The highest BCUT2D eigenvalue weighted by Gasteiger charge is 2.62. The number of nitrogens with one attached hydrogen (secondary N) is 3. The molecule has 0 spiro atoms. The topological polar surface area (TPSA) is 201 Å². The van der Waals surface area contributed by atoms with Gasteiger partial charge in [0, 0.05) is 37.5 Å². The summed E-state index contributed by atoms with van der Waals surface area (Å²) >= 11 is 0. The first kappa shape index (κ1) is 39.7. The van der Waals surface area contributed by atoms with E-state index in [1.165, 1.54) is 20.8 Å². The number of carbonyl (C=O) groups is 6. The molecule has 3 aliphatic heterocycles. The molecule has 6 rings (SSSR count). The average Bonchev–Trinajstić information content (AvgIpc) is 3.99. The van der Waals surface area contributed by atoms with Crippen LogP contribution in [0.4, 0.5) is 14.0 Å². The van der Waals surface area contributed by atoms with E-state index in [1.54, 1.807) is 45.1 Å². The van der Waals surface area contributed by atoms with Crippen molar-refractivity contribution in [3.63, 3.8) is 0 Å². The second-order valence-electron chi connectivity index (χ2n) is 15.7. The van der Waals surface area contributed by atoms with Crippen molar-refractivity contribution in [2.75, 3.05) is 19.6 Å². The van der Waals surface area contributed by atoms with E-state index in [0.717, 1.165) is 6.08 Å². The predicted octanol–water partition coefficient (Wildman–Crippen LogP) is 1.99. The van der Waals surface area contributed by atoms with Crippen LogP contribution in [0.25, 0.3) is 0 Å². The summed E-state index contributed by atoms with van der Waals surface area (Å²) < 4.78 is 53.5. The van der Waals surface area contributed by atoms with E-state index in [-0.39, 0.29) is 58.4 Å². The Morgan fingerprint density at radius 1 is 1.09 bits per heavy atom. The lowest BCUT2D eigenvalue weighted by molar-refractivity contribution is -0.141. The fraction of sp³-hybridized carbons (Fsp3) is 0.568. The van der Waals surface area contributed by atoms with Gasteiger partial charge in [-0.05, 0) is 70.6 Å². The van der Waals surface area contributed by atoms with Gasteiger partial charge in [0.25, 0.3) is 5.91 Å². The third kappa shape index (κ3) is 8.95. The molecule has 2 saturated carbocycles. The van der Waals surface area contributed by atoms with Gasteiger partial charge < -0.3 is 29.9 Å². The molecule has 1 saturated heterocycles. The van der Waals surface area contributed by atoms with Gasteiger partial charge in [0.15, 0.2) is 0 Å². The molecule has 55 heavy (non-hydrogen) atoms. The van der Waals surface area contributed by atoms with Crippen molar-refractivity contribution < 1.29 is 51.0 Å². The number of nitrogens with zero attached hydrogens (tertiary/aromatic N) is 3. The summed E-state index contributed by atoms with van der Waals surface area (Å²) in [4.78, 5) is 85.6. The molecule has 3 N–H and O–H groups in total. The number of sulfonamides is 1. The molecule has 16 nitrogen and oxygen atoms in total. The number of carbonyl (C=O) groups excluding carboxylic acids is 6. The normalized spacial score (nSPS) is 27.6. The lowest BCUT2D eigenvalue weighted by Gasteiger charge is -2.30. The Hall–Kier alpha value is -5.00. The van der Waals surface area contributed by atoms with Crippen LogP contribution >= 0.6 is 0 Å². The van der Waals surface area contributed by atoms with Gasteiger partial charge >= 0.3 is 12.2 Å². The number of fused-ring (bicyclic) bond motifs is 3. The van der Waals surface area contributed by atoms with Gasteiger partial charge in [0.05, 0.1) is 18.3 Å². The van der Waals surface area contributed by atoms with Crippen molar-refractivity contribution in [2.45, 2.75) is 107 Å². The zero-order chi connectivity index (χ0) is 39.9. The lowest BCUT2D eigenvalue weighted by atomic mass is 10.1. The fourth-order valence-corrected chi connectivity index (χ4v) is 8.60. The Morgan fingerprint density at radius 2 is 1.84 bits per heavy atom. The zero-order valence-corrected chi connectivity index (χ0v) is 31.9. The molecule has 1 aromatic rings. The van der Waals surface area contributed by atoms with Crippen molar-refractivity contribution in [3.05, 3.63) is 60.0 Å². The van der Waals surface area contributed by atoms with Crippen LogP contribution in [0.3, 0.4) is 0 Å². The molecular formula is C37H47FN6O10S. The first-order chi connectivity index (χ1) is 25.9. The summed E-state index contributed by atoms with van der Waals surface area (Å²) in [6, 6.07) is 1.96. The van der Waals surface area contributed by atoms with Crippen LogP contribution in [0.1, 0.15) is 70.4 Å². The van der Waals surface area contributed by atoms with Crippen LogP contribution < -0.4 is 15.4 Å². The summed E-state index contributed by atoms with van der Waals surface area (Å²) in [7, 11) is -4.01. The minimum atomic E-state index is -4.01. The van der Waals surface area contributed by atoms with E-state index in [2.05, 4.69) is 21.9 Å². The van der Waals surface area contributed by atoms with Crippen molar-refractivity contribution >= 4 is 45.8 Å². The fourth-order valence-electron chi connectivity index (χ4n) is 7.24. The largest absolute Gasteiger partial charge is 0.444 e. The molecule has 0 aromatic heterocycles. The maximum absolute atomic E-state index is 14.5. The number of hydrogen-bond donors (Lipinski definition) is 3. The number of ether oxygens (including phenoxy) is 2. The third-order valence-electron chi connectivity index (χ3n) is 10.4. The number of halogens is 1. The smallest absolute Gasteiger partial charge is 0.410 e. The van der Waals surface area contributed by atoms with Crippen LogP contribution in [0, 0.1) is 11.7 Å². The van der Waals surface area contributed by atoms with Gasteiger partial charge in [-0.2, -0.15) is 0 Å². The Labute approximate surface area is 318 Å². The van der Waals surface area contributed by atoms with Crippen LogP contribution in [0.15, 0.2) is 43.0 Å². The van der Waals surface area contributed by atoms with Gasteiger partial charge in [0.2, 0.25) is 27.7 Å². The van der Waals surface area contributed by atoms with E-state index in [4.69, 9.17) is 9.47 Å². The second-order valence-corrected chi connectivity index (χ2v) is 17.6. The van der Waals surface area contributed by atoms with Gasteiger partial charge in [-0.25, -0.2) is 22.4 Å². The van der Waals surface area contributed by atoms with E-state index in [9.17, 15) is 41.6 Å². The first-order valence-electron chi connectivity index (χ1n) is 18.4. The minimum absolute atomic E-state index is 0.0175. The van der Waals surface area contributed by atoms with Crippen LogP contribution in [-0.2, 0) is 51.8 Å². The second kappa shape index (κ2) is 15.3. The van der Waals surface area contributed by atoms with Crippen molar-refractivity contribution in [3.8, 4) is 0 Å². The summed E-state index contributed by atoms with van der Waals surface area (Å²) in [5, 5.41) is 4.61. The average molecular weight is 787 g/mol. The Morgan fingerprint density at radius 3 is 2.51 bits per heavy atom. The highest BCUT2D eigenvalue weighted by Crippen LogP contribution is 2.46. The Balaban J connectivity index is 1.29. The maximum Gasteiger partial charge on any atom is 0.410 e.